The molecule has 5 nitrogen and oxygen atoms in total. The predicted octanol–water partition coefficient (Wildman–Crippen LogP) is 2.94. The predicted molar refractivity (Wildman–Crippen MR) is 86.2 cm³/mol. The van der Waals surface area contributed by atoms with Crippen molar-refractivity contribution >= 4 is 28.5 Å². The Hall–Kier alpha value is -1.85. The van der Waals surface area contributed by atoms with E-state index in [2.05, 4.69) is 10.3 Å². The fourth-order valence-corrected chi connectivity index (χ4v) is 2.36. The standard InChI is InChI=1S/C16H19ClN2O3/c1-16(2,15(20)22-4)19-8-12-11-7-10(21-3)5-6-14(11)18-9-13(12)17/h5-7,9,19H,8H2,1-4H3. The van der Waals surface area contributed by atoms with Gasteiger partial charge in [-0.25, -0.2) is 0 Å². The highest BCUT2D eigenvalue weighted by Crippen LogP contribution is 2.28. The number of carbonyl (C=O) groups is 1. The van der Waals surface area contributed by atoms with Crippen LogP contribution >= 0.6 is 11.6 Å². The number of nitrogens with zero attached hydrogens (tertiary/aromatic N) is 1. The van der Waals surface area contributed by atoms with E-state index in [0.29, 0.717) is 11.6 Å². The van der Waals surface area contributed by atoms with Gasteiger partial charge in [-0.1, -0.05) is 11.6 Å². The molecule has 0 saturated carbocycles. The zero-order valence-corrected chi connectivity index (χ0v) is 13.8. The number of pyridine rings is 1. The highest BCUT2D eigenvalue weighted by Gasteiger charge is 2.28. The smallest absolute Gasteiger partial charge is 0.325 e. The quantitative estimate of drug-likeness (QED) is 0.858. The lowest BCUT2D eigenvalue weighted by molar-refractivity contribution is -0.147. The van der Waals surface area contributed by atoms with Crippen LogP contribution in [0.25, 0.3) is 10.9 Å². The molecule has 6 heteroatoms. The van der Waals surface area contributed by atoms with Gasteiger partial charge in [0.1, 0.15) is 11.3 Å². The number of carbonyl (C=O) groups excluding carboxylic acids is 1. The number of rotatable bonds is 5. The molecule has 0 spiro atoms. The first-order chi connectivity index (χ1) is 10.4. The Bertz CT molecular complexity index is 701. The molecule has 1 N–H and O–H groups in total. The fourth-order valence-electron chi connectivity index (χ4n) is 2.15. The van der Waals surface area contributed by atoms with Gasteiger partial charge in [0.25, 0.3) is 0 Å². The molecular formula is C16H19ClN2O3. The number of ether oxygens (including phenoxy) is 2. The van der Waals surface area contributed by atoms with E-state index < -0.39 is 5.54 Å². The molecule has 0 aliphatic carbocycles. The maximum atomic E-state index is 11.8. The molecule has 0 fully saturated rings. The number of halogens is 1. The minimum Gasteiger partial charge on any atom is -0.497 e. The lowest BCUT2D eigenvalue weighted by atomic mass is 10.0. The van der Waals surface area contributed by atoms with E-state index in [1.54, 1.807) is 27.2 Å². The fraction of sp³-hybridized carbons (Fsp3) is 0.375. The number of hydrogen-bond acceptors (Lipinski definition) is 5. The van der Waals surface area contributed by atoms with Crippen molar-refractivity contribution in [2.45, 2.75) is 25.9 Å². The van der Waals surface area contributed by atoms with Crippen LogP contribution < -0.4 is 10.1 Å². The summed E-state index contributed by atoms with van der Waals surface area (Å²) in [4.78, 5) is 16.1. The summed E-state index contributed by atoms with van der Waals surface area (Å²) in [5.74, 6) is 0.393. The summed E-state index contributed by atoms with van der Waals surface area (Å²) in [5, 5.41) is 4.59. The molecule has 1 aromatic heterocycles. The maximum absolute atomic E-state index is 11.8. The van der Waals surface area contributed by atoms with Crippen molar-refractivity contribution in [1.82, 2.24) is 10.3 Å². The summed E-state index contributed by atoms with van der Waals surface area (Å²) < 4.78 is 10.0. The van der Waals surface area contributed by atoms with E-state index in [1.165, 1.54) is 7.11 Å². The van der Waals surface area contributed by atoms with Gasteiger partial charge < -0.3 is 9.47 Å². The second-order valence-corrected chi connectivity index (χ2v) is 5.85. The average Bonchev–Trinajstić information content (AvgIpc) is 2.52. The zero-order chi connectivity index (χ0) is 16.3. The van der Waals surface area contributed by atoms with Crippen LogP contribution in [-0.2, 0) is 16.1 Å². The van der Waals surface area contributed by atoms with Crippen LogP contribution in [0.5, 0.6) is 5.75 Å². The summed E-state index contributed by atoms with van der Waals surface area (Å²) in [6, 6.07) is 5.61. The molecule has 1 aromatic carbocycles. The molecule has 1 heterocycles. The number of benzene rings is 1. The third-order valence-corrected chi connectivity index (χ3v) is 3.86. The van der Waals surface area contributed by atoms with Crippen LogP contribution in [0.1, 0.15) is 19.4 Å². The van der Waals surface area contributed by atoms with E-state index in [-0.39, 0.29) is 5.97 Å². The Labute approximate surface area is 134 Å². The average molecular weight is 323 g/mol. The molecule has 0 unspecified atom stereocenters. The van der Waals surface area contributed by atoms with Gasteiger partial charge in [-0.15, -0.1) is 0 Å². The van der Waals surface area contributed by atoms with E-state index in [4.69, 9.17) is 21.1 Å². The lowest BCUT2D eigenvalue weighted by Gasteiger charge is -2.24. The molecule has 0 bridgehead atoms. The molecule has 118 valence electrons. The van der Waals surface area contributed by atoms with Crippen LogP contribution in [0.15, 0.2) is 24.4 Å². The largest absolute Gasteiger partial charge is 0.497 e. The first kappa shape index (κ1) is 16.5. The van der Waals surface area contributed by atoms with Crippen LogP contribution in [-0.4, -0.2) is 30.7 Å². The van der Waals surface area contributed by atoms with Crippen LogP contribution in [0.2, 0.25) is 5.02 Å². The van der Waals surface area contributed by atoms with Crippen molar-refractivity contribution in [3.63, 3.8) is 0 Å². The van der Waals surface area contributed by atoms with E-state index in [0.717, 1.165) is 22.2 Å². The van der Waals surface area contributed by atoms with Gasteiger partial charge in [0, 0.05) is 18.1 Å². The maximum Gasteiger partial charge on any atom is 0.325 e. The number of aromatic nitrogens is 1. The highest BCUT2D eigenvalue weighted by molar-refractivity contribution is 6.32. The van der Waals surface area contributed by atoms with Gasteiger partial charge in [-0.05, 0) is 37.6 Å². The molecular weight excluding hydrogens is 304 g/mol. The van der Waals surface area contributed by atoms with Crippen molar-refractivity contribution in [2.75, 3.05) is 14.2 Å². The number of esters is 1. The number of fused-ring (bicyclic) bond motifs is 1. The van der Waals surface area contributed by atoms with Crippen molar-refractivity contribution in [1.29, 1.82) is 0 Å². The normalized spacial score (nSPS) is 11.5. The van der Waals surface area contributed by atoms with Gasteiger partial charge in [-0.2, -0.15) is 0 Å². The van der Waals surface area contributed by atoms with Gasteiger partial charge >= 0.3 is 5.97 Å². The molecule has 0 aliphatic rings. The molecule has 0 atom stereocenters. The molecule has 2 aromatic rings. The second kappa shape index (κ2) is 6.50. The zero-order valence-electron chi connectivity index (χ0n) is 13.1. The van der Waals surface area contributed by atoms with E-state index >= 15 is 0 Å². The summed E-state index contributed by atoms with van der Waals surface area (Å²) in [7, 11) is 2.98. The van der Waals surface area contributed by atoms with Crippen molar-refractivity contribution in [3.8, 4) is 5.75 Å². The molecule has 0 saturated heterocycles. The Balaban J connectivity index is 2.37. The van der Waals surface area contributed by atoms with Crippen molar-refractivity contribution < 1.29 is 14.3 Å². The SMILES string of the molecule is COC(=O)C(C)(C)NCc1c(Cl)cnc2ccc(OC)cc12. The molecule has 0 aliphatic heterocycles. The monoisotopic (exact) mass is 322 g/mol. The van der Waals surface area contributed by atoms with Gasteiger partial charge in [0.15, 0.2) is 0 Å². The first-order valence-electron chi connectivity index (χ1n) is 6.83. The van der Waals surface area contributed by atoms with Crippen LogP contribution in [0, 0.1) is 0 Å². The highest BCUT2D eigenvalue weighted by atomic mass is 35.5. The number of methoxy groups -OCH3 is 2. The third kappa shape index (κ3) is 3.31. The molecule has 0 radical (unpaired) electrons. The summed E-state index contributed by atoms with van der Waals surface area (Å²) in [5.41, 5.74) is 0.868. The second-order valence-electron chi connectivity index (χ2n) is 5.44. The van der Waals surface area contributed by atoms with Crippen LogP contribution in [0.3, 0.4) is 0 Å². The Kier molecular flexibility index (Phi) is 4.88. The summed E-state index contributed by atoms with van der Waals surface area (Å²) in [6.07, 6.45) is 1.61. The summed E-state index contributed by atoms with van der Waals surface area (Å²) in [6.45, 7) is 3.93. The van der Waals surface area contributed by atoms with Gasteiger partial charge in [0.05, 0.1) is 24.8 Å². The number of nitrogens with one attached hydrogen (secondary N) is 1. The van der Waals surface area contributed by atoms with Gasteiger partial charge in [-0.3, -0.25) is 15.1 Å². The Morgan fingerprint density at radius 3 is 2.73 bits per heavy atom. The summed E-state index contributed by atoms with van der Waals surface area (Å²) >= 11 is 6.28. The minimum absolute atomic E-state index is 0.334. The first-order valence-corrected chi connectivity index (χ1v) is 7.21. The van der Waals surface area contributed by atoms with E-state index in [1.807, 2.05) is 18.2 Å². The topological polar surface area (TPSA) is 60.5 Å². The minimum atomic E-state index is -0.813. The van der Waals surface area contributed by atoms with E-state index in [9.17, 15) is 4.79 Å². The third-order valence-electron chi connectivity index (χ3n) is 3.54. The lowest BCUT2D eigenvalue weighted by Crippen LogP contribution is -2.47. The van der Waals surface area contributed by atoms with Crippen LogP contribution in [0.4, 0.5) is 0 Å². The Morgan fingerprint density at radius 2 is 2.09 bits per heavy atom. The van der Waals surface area contributed by atoms with Crippen molar-refractivity contribution in [2.24, 2.45) is 0 Å². The van der Waals surface area contributed by atoms with Gasteiger partial charge in [0.2, 0.25) is 0 Å². The van der Waals surface area contributed by atoms with Crippen molar-refractivity contribution in [3.05, 3.63) is 35.0 Å². The molecule has 0 amide bonds. The molecule has 2 rings (SSSR count). The molecule has 22 heavy (non-hydrogen) atoms. The Morgan fingerprint density at radius 1 is 1.36 bits per heavy atom. The number of hydrogen-bond donors (Lipinski definition) is 1.